The zero-order valence-corrected chi connectivity index (χ0v) is 61.8. The summed E-state index contributed by atoms with van der Waals surface area (Å²) in [7, 11) is 0. The monoisotopic (exact) mass is 1470 g/mol. The van der Waals surface area contributed by atoms with Gasteiger partial charge in [0.25, 0.3) is 0 Å². The molecule has 8 aliphatic rings. The maximum atomic E-state index is 13.0. The largest absolute Gasteiger partial charge is 0.361 e. The average Bonchev–Trinajstić information content (AvgIpc) is 1.59. The summed E-state index contributed by atoms with van der Waals surface area (Å²) in [6.07, 6.45) is 25.1. The van der Waals surface area contributed by atoms with E-state index in [1.807, 2.05) is 122 Å². The first-order valence-electron chi connectivity index (χ1n) is 39.8. The number of hydrogen-bond donors (Lipinski definition) is 4. The highest BCUT2D eigenvalue weighted by Crippen LogP contribution is 2.52. The highest BCUT2D eigenvalue weighted by atomic mass is 16.2. The van der Waals surface area contributed by atoms with Gasteiger partial charge in [0.1, 0.15) is 46.3 Å². The van der Waals surface area contributed by atoms with Crippen molar-refractivity contribution >= 4 is 133 Å². The Hall–Kier alpha value is -12.6. The van der Waals surface area contributed by atoms with Crippen molar-refractivity contribution in [3.05, 3.63) is 286 Å². The number of fused-ring (bicyclic) bond motifs is 4. The standard InChI is InChI=1S/4C24H20N2O2/c4*27-20-11-21(28)23(22(20)17-12-25-19-9-2-1-7-15(17)19)18-13-26-10-4-6-14-5-3-8-16(18)24(14)26/h4*1-3,5,7-9,12-13,22-23,25H,4,6,10-11H2/t2*22-,23+;2*22-,23-/m1010/s1. The molecule has 16 heteroatoms. The predicted molar refractivity (Wildman–Crippen MR) is 435 cm³/mol. The molecule has 4 aliphatic heterocycles. The highest BCUT2D eigenvalue weighted by Gasteiger charge is 2.50. The summed E-state index contributed by atoms with van der Waals surface area (Å²) in [5, 5.41) is 8.68. The van der Waals surface area contributed by atoms with Gasteiger partial charge in [-0.25, -0.2) is 0 Å². The molecule has 0 spiro atoms. The van der Waals surface area contributed by atoms with Crippen LogP contribution in [0.3, 0.4) is 0 Å². The van der Waals surface area contributed by atoms with Crippen LogP contribution >= 0.6 is 0 Å². The van der Waals surface area contributed by atoms with Gasteiger partial charge in [0, 0.05) is 141 Å². The highest BCUT2D eigenvalue weighted by molar-refractivity contribution is 6.19. The number of rotatable bonds is 8. The maximum absolute atomic E-state index is 13.0. The van der Waals surface area contributed by atoms with Gasteiger partial charge in [-0.05, 0) is 142 Å². The molecule has 0 bridgehead atoms. The number of Topliss-reactive ketones (excluding diaryl/α,β-unsaturated/α-hetero) is 8. The quantitative estimate of drug-likeness (QED) is 0.107. The molecule has 4 aliphatic carbocycles. The number of hydrogen-bond acceptors (Lipinski definition) is 8. The van der Waals surface area contributed by atoms with Crippen molar-refractivity contribution in [2.45, 2.75) is 151 Å². The summed E-state index contributed by atoms with van der Waals surface area (Å²) in [6, 6.07) is 57.5. The first kappa shape index (κ1) is 67.5. The van der Waals surface area contributed by atoms with Crippen LogP contribution in [0.5, 0.6) is 0 Å². The smallest absolute Gasteiger partial charge is 0.148 e. The number of aryl methyl sites for hydroxylation is 8. The summed E-state index contributed by atoms with van der Waals surface area (Å²) in [5.41, 5.74) is 22.2. The minimum Gasteiger partial charge on any atom is -0.361 e. The fourth-order valence-corrected chi connectivity index (χ4v) is 21.4. The van der Waals surface area contributed by atoms with Gasteiger partial charge in [-0.15, -0.1) is 0 Å². The van der Waals surface area contributed by atoms with Crippen molar-refractivity contribution in [3.8, 4) is 0 Å². The Bertz CT molecular complexity index is 5910. The molecule has 8 aromatic heterocycles. The van der Waals surface area contributed by atoms with Crippen molar-refractivity contribution < 1.29 is 38.4 Å². The molecular weight excluding hydrogens is 1390 g/mol. The fraction of sp³-hybridized carbons (Fsp3) is 0.250. The summed E-state index contributed by atoms with van der Waals surface area (Å²) in [4.78, 5) is 117. The van der Waals surface area contributed by atoms with Gasteiger partial charge in [-0.2, -0.15) is 0 Å². The lowest BCUT2D eigenvalue weighted by Crippen LogP contribution is -2.14. The molecule has 4 N–H and O–H groups in total. The Morgan fingerprint density at radius 3 is 0.643 bits per heavy atom. The van der Waals surface area contributed by atoms with E-state index in [0.717, 1.165) is 187 Å². The van der Waals surface area contributed by atoms with Crippen molar-refractivity contribution in [1.82, 2.24) is 38.2 Å². The number of para-hydroxylation sites is 8. The number of carbonyl (C=O) groups is 8. The second kappa shape index (κ2) is 26.6. The van der Waals surface area contributed by atoms with Gasteiger partial charge in [0.2, 0.25) is 0 Å². The second-order valence-corrected chi connectivity index (χ2v) is 32.2. The van der Waals surface area contributed by atoms with Crippen LogP contribution in [0.4, 0.5) is 0 Å². The van der Waals surface area contributed by atoms with Crippen molar-refractivity contribution in [2.75, 3.05) is 0 Å². The molecule has 4 saturated carbocycles. The van der Waals surface area contributed by atoms with Crippen molar-refractivity contribution in [1.29, 1.82) is 0 Å². The third-order valence-electron chi connectivity index (χ3n) is 26.1. The SMILES string of the molecule is O=C1CC(=O)[C@@H](c2c[nH]c3ccccc23)[C@H]1c1cn2c3c(cccc13)CCC2.O=C1CC(=O)[C@@H](c2cn3c4c(cccc24)CCC3)[C@@H]1c1c[nH]c2ccccc12.O=C1CC(=O)[C@@H](c2cn3c4c(cccc24)CCC3)[C@H]1c1c[nH]c2ccccc12.O=C1CC(=O)[C@H](c2cn3c4c(cccc24)CCC3)[C@H]1c1c[nH]c2ccccc12. The Labute approximate surface area is 643 Å². The molecule has 0 saturated heterocycles. The third kappa shape index (κ3) is 10.7. The van der Waals surface area contributed by atoms with Gasteiger partial charge in [-0.1, -0.05) is 146 Å². The number of aromatic amines is 4. The van der Waals surface area contributed by atoms with Crippen LogP contribution in [0.25, 0.3) is 87.2 Å². The van der Waals surface area contributed by atoms with Crippen LogP contribution in [-0.2, 0) is 90.2 Å². The molecule has 8 atom stereocenters. The van der Waals surface area contributed by atoms with E-state index in [1.54, 1.807) is 0 Å². The van der Waals surface area contributed by atoms with Crippen LogP contribution in [0.15, 0.2) is 219 Å². The number of nitrogens with zero attached hydrogens (tertiary/aromatic N) is 4. The lowest BCUT2D eigenvalue weighted by molar-refractivity contribution is -0.123. The summed E-state index contributed by atoms with van der Waals surface area (Å²) in [6.45, 7) is 3.89. The van der Waals surface area contributed by atoms with E-state index in [-0.39, 0.29) is 71.9 Å². The molecular formula is C96H80N8O8. The molecule has 552 valence electrons. The topological polar surface area (TPSA) is 219 Å². The third-order valence-corrected chi connectivity index (χ3v) is 26.1. The van der Waals surface area contributed by atoms with E-state index in [1.165, 1.54) is 44.3 Å². The second-order valence-electron chi connectivity index (χ2n) is 32.2. The first-order chi connectivity index (χ1) is 54.9. The maximum Gasteiger partial charge on any atom is 0.148 e. The predicted octanol–water partition coefficient (Wildman–Crippen LogP) is 17.9. The van der Waals surface area contributed by atoms with Gasteiger partial charge in [0.15, 0.2) is 0 Å². The van der Waals surface area contributed by atoms with Gasteiger partial charge in [-0.3, -0.25) is 38.4 Å². The molecule has 24 rings (SSSR count). The van der Waals surface area contributed by atoms with Crippen LogP contribution in [0, 0.1) is 0 Å². The van der Waals surface area contributed by atoms with Crippen molar-refractivity contribution in [3.63, 3.8) is 0 Å². The molecule has 12 heterocycles. The number of nitrogens with one attached hydrogen (secondary N) is 4. The molecule has 4 fully saturated rings. The first-order valence-corrected chi connectivity index (χ1v) is 39.8. The number of aromatic nitrogens is 8. The van der Waals surface area contributed by atoms with E-state index >= 15 is 0 Å². The zero-order valence-electron chi connectivity index (χ0n) is 61.8. The number of H-pyrrole nitrogens is 4. The van der Waals surface area contributed by atoms with Crippen LogP contribution in [-0.4, -0.2) is 84.5 Å². The van der Waals surface area contributed by atoms with Crippen LogP contribution in [0.1, 0.15) is 165 Å². The summed E-state index contributed by atoms with van der Waals surface area (Å²) >= 11 is 0. The fourth-order valence-electron chi connectivity index (χ4n) is 21.4. The van der Waals surface area contributed by atoms with E-state index < -0.39 is 47.3 Å². The molecule has 16 aromatic rings. The van der Waals surface area contributed by atoms with Crippen LogP contribution < -0.4 is 0 Å². The van der Waals surface area contributed by atoms with Gasteiger partial charge in [0.05, 0.1) is 95.1 Å². The number of ketones is 8. The van der Waals surface area contributed by atoms with E-state index in [9.17, 15) is 38.4 Å². The van der Waals surface area contributed by atoms with E-state index in [2.05, 4.69) is 136 Å². The molecule has 0 unspecified atom stereocenters. The number of carbonyl (C=O) groups excluding carboxylic acids is 8. The Kier molecular flexibility index (Phi) is 16.0. The number of benzene rings is 8. The Balaban J connectivity index is 0.0000000943. The molecule has 8 aromatic carbocycles. The molecule has 0 amide bonds. The van der Waals surface area contributed by atoms with E-state index in [4.69, 9.17) is 0 Å². The van der Waals surface area contributed by atoms with Crippen LogP contribution in [0.2, 0.25) is 0 Å². The normalized spacial score (nSPS) is 21.9. The Morgan fingerprint density at radius 2 is 0.420 bits per heavy atom. The molecule has 112 heavy (non-hydrogen) atoms. The van der Waals surface area contributed by atoms with E-state index in [0.29, 0.717) is 0 Å². The van der Waals surface area contributed by atoms with Gasteiger partial charge < -0.3 is 38.2 Å². The van der Waals surface area contributed by atoms with Crippen molar-refractivity contribution in [2.24, 2.45) is 0 Å². The van der Waals surface area contributed by atoms with Gasteiger partial charge >= 0.3 is 0 Å². The Morgan fingerprint density at radius 1 is 0.223 bits per heavy atom. The lowest BCUT2D eigenvalue weighted by atomic mass is 9.83. The summed E-state index contributed by atoms with van der Waals surface area (Å²) < 4.78 is 9.13. The zero-order chi connectivity index (χ0) is 75.3. The molecule has 0 radical (unpaired) electrons. The summed E-state index contributed by atoms with van der Waals surface area (Å²) in [5.74, 6) is -2.92. The minimum absolute atomic E-state index is 0.0290. The molecule has 16 nitrogen and oxygen atoms in total. The lowest BCUT2D eigenvalue weighted by Gasteiger charge is -2.17. The average molecular weight is 1470 g/mol. The minimum atomic E-state index is -0.410.